The third kappa shape index (κ3) is 2.00. The lowest BCUT2D eigenvalue weighted by molar-refractivity contribution is 0.518. The first-order chi connectivity index (χ1) is 7.31. The molecule has 3 nitrogen and oxygen atoms in total. The third-order valence-electron chi connectivity index (χ3n) is 2.00. The van der Waals surface area contributed by atoms with Gasteiger partial charge in [0.2, 0.25) is 0 Å². The van der Waals surface area contributed by atoms with Crippen LogP contribution < -0.4 is 0 Å². The van der Waals surface area contributed by atoms with Crippen LogP contribution in [0.2, 0.25) is 5.02 Å². The number of nitriles is 1. The van der Waals surface area contributed by atoms with Gasteiger partial charge in [-0.15, -0.1) is 0 Å². The number of oxazole rings is 1. The Balaban J connectivity index is 2.41. The Morgan fingerprint density at radius 2 is 2.07 bits per heavy atom. The molecule has 15 heavy (non-hydrogen) atoms. The minimum atomic E-state index is 0.220. The second kappa shape index (κ2) is 4.16. The van der Waals surface area contributed by atoms with Gasteiger partial charge in [0.25, 0.3) is 0 Å². The Morgan fingerprint density at radius 3 is 2.73 bits per heavy atom. The average molecular weight is 219 g/mol. The highest BCUT2D eigenvalue weighted by Gasteiger charge is 2.09. The molecule has 1 heterocycles. The fraction of sp³-hybridized carbons (Fsp3) is 0.0909. The Labute approximate surface area is 91.9 Å². The smallest absolute Gasteiger partial charge is 0.181 e. The monoisotopic (exact) mass is 218 g/mol. The normalized spacial score (nSPS) is 9.87. The number of rotatable bonds is 2. The molecule has 74 valence electrons. The fourth-order valence-electron chi connectivity index (χ4n) is 1.31. The Bertz CT molecular complexity index is 496. The second-order valence-corrected chi connectivity index (χ2v) is 3.40. The minimum absolute atomic E-state index is 0.220. The van der Waals surface area contributed by atoms with Crippen LogP contribution in [0, 0.1) is 11.3 Å². The molecule has 0 saturated carbocycles. The van der Waals surface area contributed by atoms with Crippen LogP contribution in [0.15, 0.2) is 35.1 Å². The van der Waals surface area contributed by atoms with Crippen molar-refractivity contribution in [2.75, 3.05) is 0 Å². The van der Waals surface area contributed by atoms with E-state index < -0.39 is 0 Å². The summed E-state index contributed by atoms with van der Waals surface area (Å²) in [5.74, 6) is 0.583. The lowest BCUT2D eigenvalue weighted by Gasteiger charge is -1.97. The molecule has 0 bridgehead atoms. The van der Waals surface area contributed by atoms with E-state index in [0.29, 0.717) is 16.5 Å². The lowest BCUT2D eigenvalue weighted by Crippen LogP contribution is -1.84. The van der Waals surface area contributed by atoms with Crippen LogP contribution in [0.5, 0.6) is 0 Å². The van der Waals surface area contributed by atoms with E-state index in [9.17, 15) is 0 Å². The number of nitrogens with zero attached hydrogens (tertiary/aromatic N) is 2. The Hall–Kier alpha value is -1.79. The van der Waals surface area contributed by atoms with Gasteiger partial charge >= 0.3 is 0 Å². The standard InChI is InChI=1S/C11H7ClN2O/c12-9-3-1-8(2-4-9)11-10(5-6-13)15-7-14-11/h1-4,7H,5H2. The lowest BCUT2D eigenvalue weighted by atomic mass is 10.1. The molecular weight excluding hydrogens is 212 g/mol. The second-order valence-electron chi connectivity index (χ2n) is 2.97. The van der Waals surface area contributed by atoms with Crippen molar-refractivity contribution in [1.82, 2.24) is 4.98 Å². The summed E-state index contributed by atoms with van der Waals surface area (Å²) in [6.07, 6.45) is 1.56. The number of hydrogen-bond donors (Lipinski definition) is 0. The van der Waals surface area contributed by atoms with E-state index in [1.807, 2.05) is 18.2 Å². The van der Waals surface area contributed by atoms with Gasteiger partial charge < -0.3 is 4.42 Å². The van der Waals surface area contributed by atoms with Gasteiger partial charge in [-0.25, -0.2) is 4.98 Å². The molecule has 0 unspecified atom stereocenters. The van der Waals surface area contributed by atoms with Crippen LogP contribution in [0.1, 0.15) is 5.76 Å². The number of benzene rings is 1. The van der Waals surface area contributed by atoms with Crippen LogP contribution in [0.3, 0.4) is 0 Å². The van der Waals surface area contributed by atoms with Gasteiger partial charge in [-0.1, -0.05) is 23.7 Å². The van der Waals surface area contributed by atoms with Crippen molar-refractivity contribution in [2.24, 2.45) is 0 Å². The van der Waals surface area contributed by atoms with Crippen molar-refractivity contribution in [1.29, 1.82) is 5.26 Å². The van der Waals surface area contributed by atoms with Crippen molar-refractivity contribution in [3.05, 3.63) is 41.4 Å². The van der Waals surface area contributed by atoms with Crippen LogP contribution in [-0.2, 0) is 6.42 Å². The van der Waals surface area contributed by atoms with E-state index in [4.69, 9.17) is 21.3 Å². The van der Waals surface area contributed by atoms with Crippen molar-refractivity contribution in [3.63, 3.8) is 0 Å². The first-order valence-electron chi connectivity index (χ1n) is 4.36. The minimum Gasteiger partial charge on any atom is -0.447 e. The van der Waals surface area contributed by atoms with Gasteiger partial charge in [0.05, 0.1) is 12.5 Å². The molecule has 0 aliphatic heterocycles. The molecule has 2 aromatic rings. The molecular formula is C11H7ClN2O. The number of hydrogen-bond acceptors (Lipinski definition) is 3. The van der Waals surface area contributed by atoms with Gasteiger partial charge in [0.1, 0.15) is 11.5 Å². The van der Waals surface area contributed by atoms with Crippen LogP contribution in [0.25, 0.3) is 11.3 Å². The molecule has 0 atom stereocenters. The average Bonchev–Trinajstić information content (AvgIpc) is 2.68. The predicted octanol–water partition coefficient (Wildman–Crippen LogP) is 3.06. The molecule has 2 rings (SSSR count). The van der Waals surface area contributed by atoms with Gasteiger partial charge in [-0.2, -0.15) is 5.26 Å². The summed E-state index contributed by atoms with van der Waals surface area (Å²) in [6.45, 7) is 0. The van der Waals surface area contributed by atoms with Crippen LogP contribution in [-0.4, -0.2) is 4.98 Å². The van der Waals surface area contributed by atoms with E-state index in [1.165, 1.54) is 6.39 Å². The predicted molar refractivity (Wildman–Crippen MR) is 56.3 cm³/mol. The highest BCUT2D eigenvalue weighted by molar-refractivity contribution is 6.30. The van der Waals surface area contributed by atoms with Gasteiger partial charge in [-0.3, -0.25) is 0 Å². The Morgan fingerprint density at radius 1 is 1.33 bits per heavy atom. The summed E-state index contributed by atoms with van der Waals surface area (Å²) in [5, 5.41) is 9.27. The summed E-state index contributed by atoms with van der Waals surface area (Å²) in [6, 6.07) is 9.29. The van der Waals surface area contributed by atoms with Crippen LogP contribution >= 0.6 is 11.6 Å². The molecule has 1 aromatic heterocycles. The summed E-state index contributed by atoms with van der Waals surface area (Å²) >= 11 is 5.78. The molecule has 0 aliphatic rings. The van der Waals surface area contributed by atoms with E-state index in [-0.39, 0.29) is 6.42 Å². The van der Waals surface area contributed by atoms with E-state index in [0.717, 1.165) is 5.56 Å². The zero-order chi connectivity index (χ0) is 10.7. The molecule has 0 N–H and O–H groups in total. The highest BCUT2D eigenvalue weighted by atomic mass is 35.5. The largest absolute Gasteiger partial charge is 0.447 e. The SMILES string of the molecule is N#CCc1ocnc1-c1ccc(Cl)cc1. The molecule has 0 saturated heterocycles. The van der Waals surface area contributed by atoms with Crippen molar-refractivity contribution in [2.45, 2.75) is 6.42 Å². The van der Waals surface area contributed by atoms with Gasteiger partial charge in [0, 0.05) is 10.6 Å². The van der Waals surface area contributed by atoms with Crippen LogP contribution in [0.4, 0.5) is 0 Å². The quantitative estimate of drug-likeness (QED) is 0.779. The Kier molecular flexibility index (Phi) is 2.70. The van der Waals surface area contributed by atoms with Gasteiger partial charge in [0.15, 0.2) is 6.39 Å². The van der Waals surface area contributed by atoms with Gasteiger partial charge in [-0.05, 0) is 12.1 Å². The van der Waals surface area contributed by atoms with E-state index in [2.05, 4.69) is 4.98 Å². The molecule has 0 amide bonds. The summed E-state index contributed by atoms with van der Waals surface area (Å²) in [5.41, 5.74) is 1.60. The molecule has 0 spiro atoms. The summed E-state index contributed by atoms with van der Waals surface area (Å²) in [4.78, 5) is 4.07. The first kappa shape index (κ1) is 9.75. The third-order valence-corrected chi connectivity index (χ3v) is 2.25. The maximum Gasteiger partial charge on any atom is 0.181 e. The van der Waals surface area contributed by atoms with E-state index in [1.54, 1.807) is 12.1 Å². The molecule has 0 aliphatic carbocycles. The summed E-state index contributed by atoms with van der Waals surface area (Å²) < 4.78 is 5.12. The summed E-state index contributed by atoms with van der Waals surface area (Å²) in [7, 11) is 0. The highest BCUT2D eigenvalue weighted by Crippen LogP contribution is 2.23. The zero-order valence-electron chi connectivity index (χ0n) is 7.77. The topological polar surface area (TPSA) is 49.8 Å². The molecule has 0 fully saturated rings. The maximum atomic E-state index is 8.59. The van der Waals surface area contributed by atoms with E-state index >= 15 is 0 Å². The van der Waals surface area contributed by atoms with Crippen molar-refractivity contribution in [3.8, 4) is 17.3 Å². The molecule has 0 radical (unpaired) electrons. The molecule has 4 heteroatoms. The van der Waals surface area contributed by atoms with Crippen molar-refractivity contribution >= 4 is 11.6 Å². The number of halogens is 1. The number of aromatic nitrogens is 1. The zero-order valence-corrected chi connectivity index (χ0v) is 8.53. The van der Waals surface area contributed by atoms with Crippen molar-refractivity contribution < 1.29 is 4.42 Å². The first-order valence-corrected chi connectivity index (χ1v) is 4.74. The molecule has 1 aromatic carbocycles. The fourth-order valence-corrected chi connectivity index (χ4v) is 1.44. The maximum absolute atomic E-state index is 8.59.